The molecule has 4 nitrogen and oxygen atoms in total. The highest BCUT2D eigenvalue weighted by Crippen LogP contribution is 2.22. The van der Waals surface area contributed by atoms with Crippen molar-refractivity contribution in [1.29, 1.82) is 0 Å². The fourth-order valence-electron chi connectivity index (χ4n) is 1.57. The van der Waals surface area contributed by atoms with Crippen LogP contribution in [0, 0.1) is 15.9 Å². The minimum atomic E-state index is -0.638. The average molecular weight is 227 g/mol. The smallest absolute Gasteiger partial charge is 0.275 e. The van der Waals surface area contributed by atoms with E-state index in [0.717, 1.165) is 12.5 Å². The topological polar surface area (TPSA) is 63.4 Å². The van der Waals surface area contributed by atoms with Crippen molar-refractivity contribution in [3.63, 3.8) is 0 Å². The Morgan fingerprint density at radius 3 is 2.81 bits per heavy atom. The largest absolute Gasteiger partial charge is 0.393 e. The standard InChI is InChI=1S/C11H14FNO3/c1-2-3-10(14)6-8-4-5-9(12)7-11(8)13(15)16/h4-5,7,10,14H,2-3,6H2,1H3. The number of rotatable bonds is 5. The highest BCUT2D eigenvalue weighted by molar-refractivity contribution is 5.40. The van der Waals surface area contributed by atoms with E-state index in [9.17, 15) is 19.6 Å². The van der Waals surface area contributed by atoms with Crippen LogP contribution >= 0.6 is 0 Å². The minimum absolute atomic E-state index is 0.185. The molecule has 0 aromatic heterocycles. The second kappa shape index (κ2) is 5.55. The first-order valence-corrected chi connectivity index (χ1v) is 5.15. The van der Waals surface area contributed by atoms with Gasteiger partial charge < -0.3 is 5.11 Å². The van der Waals surface area contributed by atoms with Crippen molar-refractivity contribution in [2.45, 2.75) is 32.3 Å². The molecule has 1 aromatic rings. The van der Waals surface area contributed by atoms with Gasteiger partial charge in [0.05, 0.1) is 17.1 Å². The Morgan fingerprint density at radius 1 is 1.56 bits per heavy atom. The third-order valence-electron chi connectivity index (χ3n) is 2.32. The average Bonchev–Trinajstić information content (AvgIpc) is 2.20. The van der Waals surface area contributed by atoms with Crippen molar-refractivity contribution in [1.82, 2.24) is 0 Å². The van der Waals surface area contributed by atoms with Gasteiger partial charge >= 0.3 is 0 Å². The molecule has 0 heterocycles. The maximum absolute atomic E-state index is 12.8. The Balaban J connectivity index is 2.90. The summed E-state index contributed by atoms with van der Waals surface area (Å²) in [6, 6.07) is 3.40. The lowest BCUT2D eigenvalue weighted by molar-refractivity contribution is -0.385. The van der Waals surface area contributed by atoms with Crippen LogP contribution in [0.3, 0.4) is 0 Å². The molecular formula is C11H14FNO3. The van der Waals surface area contributed by atoms with E-state index in [-0.39, 0.29) is 12.1 Å². The van der Waals surface area contributed by atoms with Crippen LogP contribution in [-0.2, 0) is 6.42 Å². The number of aliphatic hydroxyl groups is 1. The third kappa shape index (κ3) is 3.27. The zero-order valence-corrected chi connectivity index (χ0v) is 9.02. The van der Waals surface area contributed by atoms with Gasteiger partial charge in [-0.3, -0.25) is 10.1 Å². The summed E-state index contributed by atoms with van der Waals surface area (Å²) in [4.78, 5) is 10.0. The predicted octanol–water partition coefficient (Wildman–Crippen LogP) is 2.44. The molecule has 0 aliphatic heterocycles. The van der Waals surface area contributed by atoms with Gasteiger partial charge in [-0.1, -0.05) is 13.3 Å². The van der Waals surface area contributed by atoms with Crippen LogP contribution in [0.5, 0.6) is 0 Å². The van der Waals surface area contributed by atoms with Crippen LogP contribution < -0.4 is 0 Å². The number of benzene rings is 1. The Labute approximate surface area is 92.9 Å². The zero-order chi connectivity index (χ0) is 12.1. The van der Waals surface area contributed by atoms with Crippen LogP contribution in [0.4, 0.5) is 10.1 Å². The second-order valence-electron chi connectivity index (χ2n) is 3.68. The Morgan fingerprint density at radius 2 is 2.25 bits per heavy atom. The fraction of sp³-hybridized carbons (Fsp3) is 0.455. The third-order valence-corrected chi connectivity index (χ3v) is 2.32. The lowest BCUT2D eigenvalue weighted by Gasteiger charge is -2.09. The lowest BCUT2D eigenvalue weighted by atomic mass is 10.0. The summed E-state index contributed by atoms with van der Waals surface area (Å²) in [5, 5.41) is 20.2. The van der Waals surface area contributed by atoms with Gasteiger partial charge in [-0.05, 0) is 18.6 Å². The maximum Gasteiger partial charge on any atom is 0.275 e. The Kier molecular flexibility index (Phi) is 4.37. The number of hydrogen-bond acceptors (Lipinski definition) is 3. The van der Waals surface area contributed by atoms with Crippen molar-refractivity contribution in [3.8, 4) is 0 Å². The van der Waals surface area contributed by atoms with Crippen LogP contribution in [0.2, 0.25) is 0 Å². The van der Waals surface area contributed by atoms with Gasteiger partial charge in [-0.15, -0.1) is 0 Å². The number of nitrogens with zero attached hydrogens (tertiary/aromatic N) is 1. The lowest BCUT2D eigenvalue weighted by Crippen LogP contribution is -2.11. The molecule has 0 spiro atoms. The molecule has 1 rings (SSSR count). The van der Waals surface area contributed by atoms with Crippen LogP contribution in [0.1, 0.15) is 25.3 Å². The van der Waals surface area contributed by atoms with Gasteiger partial charge in [0.15, 0.2) is 0 Å². The summed E-state index contributed by atoms with van der Waals surface area (Å²) in [6.45, 7) is 1.92. The van der Waals surface area contributed by atoms with Crippen molar-refractivity contribution >= 4 is 5.69 Å². The van der Waals surface area contributed by atoms with Gasteiger partial charge in [0.2, 0.25) is 0 Å². The first kappa shape index (κ1) is 12.6. The molecule has 5 heteroatoms. The summed E-state index contributed by atoms with van der Waals surface area (Å²) in [7, 11) is 0. The van der Waals surface area contributed by atoms with E-state index in [4.69, 9.17) is 0 Å². The van der Waals surface area contributed by atoms with E-state index in [0.29, 0.717) is 12.0 Å². The number of nitro benzene ring substituents is 1. The van der Waals surface area contributed by atoms with E-state index in [1.165, 1.54) is 12.1 Å². The quantitative estimate of drug-likeness (QED) is 0.620. The SMILES string of the molecule is CCCC(O)Cc1ccc(F)cc1[N+](=O)[O-]. The van der Waals surface area contributed by atoms with Crippen molar-refractivity contribution in [3.05, 3.63) is 39.7 Å². The zero-order valence-electron chi connectivity index (χ0n) is 9.02. The van der Waals surface area contributed by atoms with E-state index in [1.54, 1.807) is 0 Å². The molecule has 1 aromatic carbocycles. The molecular weight excluding hydrogens is 213 g/mol. The molecule has 88 valence electrons. The van der Waals surface area contributed by atoms with E-state index in [1.807, 2.05) is 6.92 Å². The molecule has 0 amide bonds. The van der Waals surface area contributed by atoms with Gasteiger partial charge in [-0.25, -0.2) is 4.39 Å². The van der Waals surface area contributed by atoms with E-state index < -0.39 is 16.8 Å². The molecule has 0 saturated carbocycles. The van der Waals surface area contributed by atoms with Gasteiger partial charge in [0.1, 0.15) is 5.82 Å². The molecule has 1 atom stereocenters. The molecule has 1 unspecified atom stereocenters. The Bertz CT molecular complexity index is 381. The van der Waals surface area contributed by atoms with Crippen LogP contribution in [0.25, 0.3) is 0 Å². The Hall–Kier alpha value is -1.49. The summed E-state index contributed by atoms with van der Waals surface area (Å²) in [5.74, 6) is -0.638. The first-order valence-electron chi connectivity index (χ1n) is 5.15. The van der Waals surface area contributed by atoms with Crippen LogP contribution in [-0.4, -0.2) is 16.1 Å². The molecule has 1 N–H and O–H groups in total. The van der Waals surface area contributed by atoms with E-state index in [2.05, 4.69) is 0 Å². The van der Waals surface area contributed by atoms with Crippen molar-refractivity contribution in [2.24, 2.45) is 0 Å². The summed E-state index contributed by atoms with van der Waals surface area (Å²) in [5.41, 5.74) is 0.0995. The van der Waals surface area contributed by atoms with Gasteiger partial charge in [0, 0.05) is 12.0 Å². The van der Waals surface area contributed by atoms with Crippen molar-refractivity contribution in [2.75, 3.05) is 0 Å². The van der Waals surface area contributed by atoms with Crippen molar-refractivity contribution < 1.29 is 14.4 Å². The number of aliphatic hydroxyl groups excluding tert-OH is 1. The normalized spacial score (nSPS) is 12.4. The molecule has 0 bridgehead atoms. The van der Waals surface area contributed by atoms with E-state index >= 15 is 0 Å². The number of hydrogen-bond donors (Lipinski definition) is 1. The second-order valence-corrected chi connectivity index (χ2v) is 3.68. The van der Waals surface area contributed by atoms with Gasteiger partial charge in [0.25, 0.3) is 5.69 Å². The molecule has 0 saturated heterocycles. The number of nitro groups is 1. The molecule has 0 aliphatic carbocycles. The number of halogens is 1. The summed E-state index contributed by atoms with van der Waals surface area (Å²) >= 11 is 0. The highest BCUT2D eigenvalue weighted by Gasteiger charge is 2.17. The molecule has 0 radical (unpaired) electrons. The van der Waals surface area contributed by atoms with Crippen LogP contribution in [0.15, 0.2) is 18.2 Å². The molecule has 16 heavy (non-hydrogen) atoms. The maximum atomic E-state index is 12.8. The molecule has 0 fully saturated rings. The summed E-state index contributed by atoms with van der Waals surface area (Å²) in [6.07, 6.45) is 0.948. The summed E-state index contributed by atoms with van der Waals surface area (Å²) < 4.78 is 12.8. The highest BCUT2D eigenvalue weighted by atomic mass is 19.1. The molecule has 0 aliphatic rings. The van der Waals surface area contributed by atoms with Gasteiger partial charge in [-0.2, -0.15) is 0 Å². The fourth-order valence-corrected chi connectivity index (χ4v) is 1.57. The minimum Gasteiger partial charge on any atom is -0.393 e. The predicted molar refractivity (Wildman–Crippen MR) is 57.7 cm³/mol. The first-order chi connectivity index (χ1) is 7.54. The monoisotopic (exact) mass is 227 g/mol.